The molecule has 0 saturated carbocycles. The van der Waals surface area contributed by atoms with Gasteiger partial charge in [0.1, 0.15) is 5.69 Å². The summed E-state index contributed by atoms with van der Waals surface area (Å²) in [5.74, 6) is 0. The second-order valence-electron chi connectivity index (χ2n) is 7.30. The highest BCUT2D eigenvalue weighted by atomic mass is 32.1. The molecule has 170 valence electrons. The molecule has 1 saturated heterocycles. The molecule has 0 radical (unpaired) electrons. The van der Waals surface area contributed by atoms with Gasteiger partial charge < -0.3 is 9.64 Å². The van der Waals surface area contributed by atoms with Crippen LogP contribution < -0.4 is 5.32 Å². The van der Waals surface area contributed by atoms with Gasteiger partial charge in [-0.25, -0.2) is 14.8 Å². The number of anilines is 1. The molecule has 1 aliphatic rings. The van der Waals surface area contributed by atoms with Gasteiger partial charge in [0.05, 0.1) is 35.4 Å². The number of urea groups is 1. The normalized spacial score (nSPS) is 14.1. The van der Waals surface area contributed by atoms with Crippen LogP contribution in [-0.2, 0) is 10.9 Å². The Bertz CT molecular complexity index is 1230. The van der Waals surface area contributed by atoms with Gasteiger partial charge in [-0.3, -0.25) is 5.32 Å². The second-order valence-corrected chi connectivity index (χ2v) is 8.30. The number of hydrogen-bond acceptors (Lipinski definition) is 6. The zero-order chi connectivity index (χ0) is 23.6. The van der Waals surface area contributed by atoms with Crippen molar-refractivity contribution in [3.8, 4) is 27.8 Å². The van der Waals surface area contributed by atoms with Crippen LogP contribution >= 0.6 is 11.3 Å². The number of rotatable bonds is 3. The number of carbonyl (C=O) groups excluding carboxylic acids is 1. The number of thiazole rings is 1. The Balaban J connectivity index is 1.79. The fourth-order valence-corrected chi connectivity index (χ4v) is 4.35. The lowest BCUT2D eigenvalue weighted by Gasteiger charge is -2.26. The molecule has 1 N–H and O–H groups in total. The Morgan fingerprint density at radius 3 is 2.64 bits per heavy atom. The van der Waals surface area contributed by atoms with E-state index in [1.165, 1.54) is 13.0 Å². The number of nitrogens with one attached hydrogen (secondary N) is 1. The van der Waals surface area contributed by atoms with E-state index in [0.717, 1.165) is 17.4 Å². The number of carbonyl (C=O) groups is 1. The minimum atomic E-state index is -4.61. The van der Waals surface area contributed by atoms with E-state index in [-0.39, 0.29) is 22.4 Å². The number of pyridine rings is 1. The smallest absolute Gasteiger partial charge is 0.378 e. The molecule has 2 amide bonds. The van der Waals surface area contributed by atoms with E-state index < -0.39 is 11.9 Å². The predicted molar refractivity (Wildman–Crippen MR) is 117 cm³/mol. The zero-order valence-corrected chi connectivity index (χ0v) is 18.3. The Kier molecular flexibility index (Phi) is 6.31. The van der Waals surface area contributed by atoms with Crippen LogP contribution in [-0.4, -0.2) is 47.2 Å². The maximum atomic E-state index is 13.4. The van der Waals surface area contributed by atoms with E-state index in [1.54, 1.807) is 29.2 Å². The number of halogens is 3. The maximum absolute atomic E-state index is 13.4. The highest BCUT2D eigenvalue weighted by molar-refractivity contribution is 7.19. The lowest BCUT2D eigenvalue weighted by atomic mass is 10.0. The van der Waals surface area contributed by atoms with E-state index >= 15 is 0 Å². The average Bonchev–Trinajstić information content (AvgIpc) is 3.22. The van der Waals surface area contributed by atoms with Crippen LogP contribution in [0.5, 0.6) is 0 Å². The molecule has 1 fully saturated rings. The van der Waals surface area contributed by atoms with Crippen molar-refractivity contribution in [2.24, 2.45) is 0 Å². The lowest BCUT2D eigenvalue weighted by molar-refractivity contribution is -0.141. The van der Waals surface area contributed by atoms with E-state index in [1.807, 2.05) is 6.07 Å². The summed E-state index contributed by atoms with van der Waals surface area (Å²) in [7, 11) is 0. The monoisotopic (exact) mass is 473 g/mol. The Hall–Kier alpha value is -3.49. The molecule has 0 spiro atoms. The van der Waals surface area contributed by atoms with Crippen molar-refractivity contribution in [2.75, 3.05) is 31.6 Å². The van der Waals surface area contributed by atoms with Crippen molar-refractivity contribution in [1.29, 1.82) is 5.26 Å². The maximum Gasteiger partial charge on any atom is 0.433 e. The molecule has 3 heterocycles. The van der Waals surface area contributed by atoms with E-state index in [4.69, 9.17) is 4.74 Å². The van der Waals surface area contributed by atoms with E-state index in [0.29, 0.717) is 48.0 Å². The molecule has 0 unspecified atom stereocenters. The molecule has 0 aliphatic carbocycles. The standard InChI is InChI=1S/C22H18F3N5O2S/c1-13-9-16(11-17(27-13)22(23,24)25)19-18(15-4-2-3-14(10-15)12-26)28-20(33-19)29-21(31)30-5-7-32-8-6-30/h2-4,9-11H,5-8H2,1H3,(H,28,29,31). The summed E-state index contributed by atoms with van der Waals surface area (Å²) in [4.78, 5) is 22.7. The van der Waals surface area contributed by atoms with Gasteiger partial charge in [0, 0.05) is 24.3 Å². The molecule has 1 aliphatic heterocycles. The fourth-order valence-electron chi connectivity index (χ4n) is 3.38. The number of nitriles is 1. The Labute approximate surface area is 191 Å². The summed E-state index contributed by atoms with van der Waals surface area (Å²) >= 11 is 1.06. The second kappa shape index (κ2) is 9.17. The summed E-state index contributed by atoms with van der Waals surface area (Å²) in [6.07, 6.45) is -4.61. The molecule has 1 aromatic carbocycles. The minimum absolute atomic E-state index is 0.198. The summed E-state index contributed by atoms with van der Waals surface area (Å²) in [6, 6.07) is 10.8. The van der Waals surface area contributed by atoms with Gasteiger partial charge >= 0.3 is 12.2 Å². The number of ether oxygens (including phenoxy) is 1. The third kappa shape index (κ3) is 5.13. The number of nitrogens with zero attached hydrogens (tertiary/aromatic N) is 4. The van der Waals surface area contributed by atoms with Crippen LogP contribution in [0.4, 0.5) is 23.1 Å². The molecule has 4 rings (SSSR count). The van der Waals surface area contributed by atoms with Gasteiger partial charge in [0.2, 0.25) is 0 Å². The molecule has 0 bridgehead atoms. The van der Waals surface area contributed by atoms with Crippen LogP contribution in [0.2, 0.25) is 0 Å². The van der Waals surface area contributed by atoms with Crippen LogP contribution in [0, 0.1) is 18.3 Å². The van der Waals surface area contributed by atoms with E-state index in [9.17, 15) is 23.2 Å². The number of morpholine rings is 1. The van der Waals surface area contributed by atoms with Crippen molar-refractivity contribution in [2.45, 2.75) is 13.1 Å². The lowest BCUT2D eigenvalue weighted by Crippen LogP contribution is -2.43. The quantitative estimate of drug-likeness (QED) is 0.582. The van der Waals surface area contributed by atoms with Gasteiger partial charge in [-0.1, -0.05) is 23.5 Å². The Morgan fingerprint density at radius 2 is 1.94 bits per heavy atom. The molecule has 7 nitrogen and oxygen atoms in total. The van der Waals surface area contributed by atoms with Crippen LogP contribution in [0.15, 0.2) is 36.4 Å². The average molecular weight is 473 g/mol. The van der Waals surface area contributed by atoms with Crippen molar-refractivity contribution < 1.29 is 22.7 Å². The summed E-state index contributed by atoms with van der Waals surface area (Å²) in [6.45, 7) is 3.20. The van der Waals surface area contributed by atoms with Gasteiger partial charge in [-0.2, -0.15) is 18.4 Å². The number of aryl methyl sites for hydroxylation is 1. The highest BCUT2D eigenvalue weighted by Gasteiger charge is 2.33. The SMILES string of the molecule is Cc1cc(-c2sc(NC(=O)N3CCOCC3)nc2-c2cccc(C#N)c2)cc(C(F)(F)F)n1. The van der Waals surface area contributed by atoms with Crippen molar-refractivity contribution >= 4 is 22.5 Å². The number of benzene rings is 1. The minimum Gasteiger partial charge on any atom is -0.378 e. The number of alkyl halides is 3. The third-order valence-corrected chi connectivity index (χ3v) is 5.93. The molecule has 2 aromatic heterocycles. The summed E-state index contributed by atoms with van der Waals surface area (Å²) in [5.41, 5.74) is 0.762. The number of amides is 2. The van der Waals surface area contributed by atoms with Crippen molar-refractivity contribution in [3.05, 3.63) is 53.3 Å². The van der Waals surface area contributed by atoms with Crippen LogP contribution in [0.1, 0.15) is 17.0 Å². The number of aromatic nitrogens is 2. The van der Waals surface area contributed by atoms with Gasteiger partial charge in [0.25, 0.3) is 0 Å². The molecule has 33 heavy (non-hydrogen) atoms. The highest BCUT2D eigenvalue weighted by Crippen LogP contribution is 2.41. The molecular weight excluding hydrogens is 455 g/mol. The van der Waals surface area contributed by atoms with Gasteiger partial charge in [0.15, 0.2) is 5.13 Å². The van der Waals surface area contributed by atoms with Gasteiger partial charge in [-0.15, -0.1) is 0 Å². The first kappa shape index (κ1) is 22.7. The summed E-state index contributed by atoms with van der Waals surface area (Å²) < 4.78 is 45.4. The predicted octanol–water partition coefficient (Wildman–Crippen LogP) is 4.94. The van der Waals surface area contributed by atoms with Crippen molar-refractivity contribution in [1.82, 2.24) is 14.9 Å². The third-order valence-electron chi connectivity index (χ3n) is 4.91. The van der Waals surface area contributed by atoms with Crippen molar-refractivity contribution in [3.63, 3.8) is 0 Å². The topological polar surface area (TPSA) is 91.1 Å². The zero-order valence-electron chi connectivity index (χ0n) is 17.4. The molecule has 3 aromatic rings. The van der Waals surface area contributed by atoms with Crippen LogP contribution in [0.25, 0.3) is 21.7 Å². The first-order valence-corrected chi connectivity index (χ1v) is 10.8. The summed E-state index contributed by atoms with van der Waals surface area (Å²) in [5, 5.41) is 12.2. The first-order valence-electron chi connectivity index (χ1n) is 9.96. The van der Waals surface area contributed by atoms with Gasteiger partial charge in [-0.05, 0) is 36.8 Å². The largest absolute Gasteiger partial charge is 0.433 e. The molecule has 11 heteroatoms. The number of hydrogen-bond donors (Lipinski definition) is 1. The Morgan fingerprint density at radius 1 is 1.18 bits per heavy atom. The van der Waals surface area contributed by atoms with Crippen LogP contribution in [0.3, 0.4) is 0 Å². The first-order chi connectivity index (χ1) is 15.7. The van der Waals surface area contributed by atoms with E-state index in [2.05, 4.69) is 15.3 Å². The fraction of sp³-hybridized carbons (Fsp3) is 0.273. The molecular formula is C22H18F3N5O2S. The molecule has 0 atom stereocenters.